The molecule has 0 amide bonds. The minimum atomic E-state index is -0.317. The number of ether oxygens (including phenoxy) is 1. The van der Waals surface area contributed by atoms with Crippen LogP contribution in [0.1, 0.15) is 27.3 Å². The van der Waals surface area contributed by atoms with Gasteiger partial charge in [-0.3, -0.25) is 0 Å². The predicted molar refractivity (Wildman–Crippen MR) is 73.5 cm³/mol. The monoisotopic (exact) mass is 256 g/mol. The minimum Gasteiger partial charge on any atom is -0.465 e. The number of carbonyl (C=O) groups excluding carboxylic acids is 1. The molecule has 0 aliphatic carbocycles. The van der Waals surface area contributed by atoms with Crippen molar-refractivity contribution in [3.63, 3.8) is 0 Å². The summed E-state index contributed by atoms with van der Waals surface area (Å²) in [5, 5.41) is 0. The van der Waals surface area contributed by atoms with Gasteiger partial charge in [0.25, 0.3) is 0 Å². The van der Waals surface area contributed by atoms with Gasteiger partial charge >= 0.3 is 5.97 Å². The van der Waals surface area contributed by atoms with E-state index in [2.05, 4.69) is 23.6 Å². The van der Waals surface area contributed by atoms with Gasteiger partial charge in [0.1, 0.15) is 5.56 Å². The van der Waals surface area contributed by atoms with Crippen molar-refractivity contribution >= 4 is 5.97 Å². The summed E-state index contributed by atoms with van der Waals surface area (Å²) in [6.07, 6.45) is 0. The molecule has 1 aromatic carbocycles. The first-order valence-electron chi connectivity index (χ1n) is 6.22. The van der Waals surface area contributed by atoms with Crippen molar-refractivity contribution in [2.24, 2.45) is 0 Å². The molecule has 0 bridgehead atoms. The number of hydrogen-bond donors (Lipinski definition) is 0. The van der Waals surface area contributed by atoms with Crippen molar-refractivity contribution in [2.45, 2.75) is 20.8 Å². The Labute approximate surface area is 113 Å². The number of hydrogen-bond acceptors (Lipinski definition) is 2. The lowest BCUT2D eigenvalue weighted by molar-refractivity contribution is -0.609. The largest absolute Gasteiger partial charge is 0.465 e. The van der Waals surface area contributed by atoms with Crippen LogP contribution in [-0.4, -0.2) is 13.1 Å². The number of methoxy groups -OCH3 is 1. The summed E-state index contributed by atoms with van der Waals surface area (Å²) in [6, 6.07) is 11.7. The van der Waals surface area contributed by atoms with E-state index in [1.807, 2.05) is 32.0 Å². The number of pyridine rings is 1. The molecule has 0 spiro atoms. The van der Waals surface area contributed by atoms with Gasteiger partial charge in [-0.05, 0) is 18.6 Å². The van der Waals surface area contributed by atoms with E-state index in [1.165, 1.54) is 12.7 Å². The molecule has 0 unspecified atom stereocenters. The highest BCUT2D eigenvalue weighted by atomic mass is 16.5. The fourth-order valence-electron chi connectivity index (χ4n) is 2.44. The third kappa shape index (κ3) is 2.50. The summed E-state index contributed by atoms with van der Waals surface area (Å²) in [5.74, 6) is -0.317. The van der Waals surface area contributed by atoms with Crippen molar-refractivity contribution < 1.29 is 14.1 Å². The third-order valence-corrected chi connectivity index (χ3v) is 3.13. The van der Waals surface area contributed by atoms with Gasteiger partial charge < -0.3 is 4.74 Å². The summed E-state index contributed by atoms with van der Waals surface area (Å²) in [6.45, 7) is 6.14. The highest BCUT2D eigenvalue weighted by Crippen LogP contribution is 2.13. The van der Waals surface area contributed by atoms with Crippen LogP contribution in [0, 0.1) is 20.8 Å². The number of aryl methyl sites for hydroxylation is 3. The number of esters is 1. The predicted octanol–water partition coefficient (Wildman–Crippen LogP) is 2.68. The Bertz CT molecular complexity index is 609. The molecule has 19 heavy (non-hydrogen) atoms. The molecule has 0 atom stereocenters. The lowest BCUT2D eigenvalue weighted by atomic mass is 10.1. The molecule has 0 radical (unpaired) electrons. The van der Waals surface area contributed by atoms with Gasteiger partial charge in [-0.15, -0.1) is 0 Å². The average Bonchev–Trinajstić information content (AvgIpc) is 2.37. The van der Waals surface area contributed by atoms with E-state index >= 15 is 0 Å². The first-order chi connectivity index (χ1) is 9.04. The smallest absolute Gasteiger partial charge is 0.344 e. The Kier molecular flexibility index (Phi) is 3.65. The minimum absolute atomic E-state index is 0.317. The summed E-state index contributed by atoms with van der Waals surface area (Å²) < 4.78 is 6.92. The summed E-state index contributed by atoms with van der Waals surface area (Å²) >= 11 is 0. The number of nitrogens with zero attached hydrogens (tertiary/aromatic N) is 1. The van der Waals surface area contributed by atoms with E-state index in [4.69, 9.17) is 4.74 Å². The second kappa shape index (κ2) is 5.22. The number of para-hydroxylation sites is 1. The molecule has 0 N–H and O–H groups in total. The van der Waals surface area contributed by atoms with Gasteiger partial charge in [-0.25, -0.2) is 4.79 Å². The van der Waals surface area contributed by atoms with Gasteiger partial charge in [0, 0.05) is 32.0 Å². The molecular formula is C16H18NO2+. The summed E-state index contributed by atoms with van der Waals surface area (Å²) in [5.41, 5.74) is 4.82. The van der Waals surface area contributed by atoms with Crippen LogP contribution in [0.5, 0.6) is 0 Å². The van der Waals surface area contributed by atoms with Crippen LogP contribution in [0.15, 0.2) is 36.4 Å². The zero-order chi connectivity index (χ0) is 14.0. The topological polar surface area (TPSA) is 30.2 Å². The third-order valence-electron chi connectivity index (χ3n) is 3.13. The highest BCUT2D eigenvalue weighted by molar-refractivity contribution is 5.92. The summed E-state index contributed by atoms with van der Waals surface area (Å²) in [7, 11) is 1.40. The van der Waals surface area contributed by atoms with E-state index in [0.29, 0.717) is 5.56 Å². The summed E-state index contributed by atoms with van der Waals surface area (Å²) in [4.78, 5) is 11.9. The van der Waals surface area contributed by atoms with Crippen LogP contribution in [0.4, 0.5) is 0 Å². The number of carbonyl (C=O) groups is 1. The number of aromatic nitrogens is 1. The quantitative estimate of drug-likeness (QED) is 0.611. The van der Waals surface area contributed by atoms with Crippen LogP contribution in [-0.2, 0) is 4.74 Å². The van der Waals surface area contributed by atoms with E-state index in [-0.39, 0.29) is 5.97 Å². The molecule has 0 saturated heterocycles. The second-order valence-corrected chi connectivity index (χ2v) is 4.66. The highest BCUT2D eigenvalue weighted by Gasteiger charge is 2.22. The molecule has 1 heterocycles. The molecule has 0 aliphatic rings. The van der Waals surface area contributed by atoms with Crippen LogP contribution in [0.25, 0.3) is 5.69 Å². The molecule has 3 nitrogen and oxygen atoms in total. The number of rotatable bonds is 2. The maximum absolute atomic E-state index is 11.9. The van der Waals surface area contributed by atoms with Gasteiger partial charge in [0.15, 0.2) is 11.4 Å². The zero-order valence-corrected chi connectivity index (χ0v) is 11.7. The molecule has 3 heteroatoms. The van der Waals surface area contributed by atoms with E-state index in [1.54, 1.807) is 6.07 Å². The van der Waals surface area contributed by atoms with Crippen molar-refractivity contribution in [2.75, 3.05) is 7.11 Å². The van der Waals surface area contributed by atoms with Gasteiger partial charge in [-0.2, -0.15) is 4.57 Å². The lowest BCUT2D eigenvalue weighted by Crippen LogP contribution is -2.39. The van der Waals surface area contributed by atoms with Crippen LogP contribution < -0.4 is 4.57 Å². The Hall–Kier alpha value is -2.16. The van der Waals surface area contributed by atoms with E-state index in [9.17, 15) is 4.79 Å². The molecule has 0 fully saturated rings. The fourth-order valence-corrected chi connectivity index (χ4v) is 2.44. The molecule has 2 aromatic rings. The molecule has 1 aromatic heterocycles. The van der Waals surface area contributed by atoms with E-state index in [0.717, 1.165) is 17.1 Å². The maximum Gasteiger partial charge on any atom is 0.344 e. The maximum atomic E-state index is 11.9. The van der Waals surface area contributed by atoms with Crippen molar-refractivity contribution in [1.29, 1.82) is 0 Å². The first-order valence-corrected chi connectivity index (χ1v) is 6.22. The standard InChI is InChI=1S/C16H18NO2/c1-11-9-12(2)17(13(3)10-11)15-8-6-5-7-14(15)16(18)19-4/h5-10H,1-4H3/q+1. The Morgan fingerprint density at radius 3 is 2.21 bits per heavy atom. The fraction of sp³-hybridized carbons (Fsp3) is 0.250. The molecule has 2 rings (SSSR count). The van der Waals surface area contributed by atoms with Crippen molar-refractivity contribution in [1.82, 2.24) is 0 Å². The van der Waals surface area contributed by atoms with Crippen LogP contribution in [0.2, 0.25) is 0 Å². The second-order valence-electron chi connectivity index (χ2n) is 4.66. The molecular weight excluding hydrogens is 238 g/mol. The van der Waals surface area contributed by atoms with Crippen molar-refractivity contribution in [3.8, 4) is 5.69 Å². The zero-order valence-electron chi connectivity index (χ0n) is 11.7. The van der Waals surface area contributed by atoms with Gasteiger partial charge in [0.2, 0.25) is 5.69 Å². The van der Waals surface area contributed by atoms with Gasteiger partial charge in [-0.1, -0.05) is 12.1 Å². The van der Waals surface area contributed by atoms with Crippen LogP contribution in [0.3, 0.4) is 0 Å². The average molecular weight is 256 g/mol. The van der Waals surface area contributed by atoms with Crippen molar-refractivity contribution in [3.05, 3.63) is 58.9 Å². The molecule has 98 valence electrons. The Balaban J connectivity index is 2.70. The normalized spacial score (nSPS) is 10.3. The lowest BCUT2D eigenvalue weighted by Gasteiger charge is -2.08. The Morgan fingerprint density at radius 1 is 1.05 bits per heavy atom. The Morgan fingerprint density at radius 2 is 1.63 bits per heavy atom. The van der Waals surface area contributed by atoms with E-state index < -0.39 is 0 Å². The molecule has 0 saturated carbocycles. The SMILES string of the molecule is COC(=O)c1ccccc1-[n+]1c(C)cc(C)cc1C. The number of benzene rings is 1. The first kappa shape index (κ1) is 13.3. The van der Waals surface area contributed by atoms with Gasteiger partial charge in [0.05, 0.1) is 7.11 Å². The van der Waals surface area contributed by atoms with Crippen LogP contribution >= 0.6 is 0 Å². The molecule has 0 aliphatic heterocycles.